The minimum Gasteiger partial charge on any atom is -0.481 e. The molecule has 1 heterocycles. The molecule has 1 aromatic carbocycles. The summed E-state index contributed by atoms with van der Waals surface area (Å²) in [4.78, 5) is 10.5. The summed E-state index contributed by atoms with van der Waals surface area (Å²) in [5, 5.41) is 13.5. The fourth-order valence-electron chi connectivity index (χ4n) is 1.68. The van der Waals surface area contributed by atoms with Gasteiger partial charge < -0.3 is 9.63 Å². The van der Waals surface area contributed by atoms with Crippen molar-refractivity contribution in [2.45, 2.75) is 19.8 Å². The van der Waals surface area contributed by atoms with Crippen molar-refractivity contribution >= 4 is 16.9 Å². The van der Waals surface area contributed by atoms with Crippen LogP contribution >= 0.6 is 0 Å². The van der Waals surface area contributed by atoms with Crippen LogP contribution in [0.4, 0.5) is 0 Å². The highest BCUT2D eigenvalue weighted by atomic mass is 16.5. The molecule has 2 rings (SSSR count). The van der Waals surface area contributed by atoms with Crippen LogP contribution in [-0.2, 0) is 11.2 Å². The van der Waals surface area contributed by atoms with E-state index in [0.29, 0.717) is 6.42 Å². The zero-order chi connectivity index (χ0) is 10.8. The summed E-state index contributed by atoms with van der Waals surface area (Å²) in [5.74, 6) is -0.0490. The van der Waals surface area contributed by atoms with E-state index < -0.39 is 5.97 Å². The van der Waals surface area contributed by atoms with Gasteiger partial charge >= 0.3 is 5.97 Å². The van der Waals surface area contributed by atoms with Crippen LogP contribution in [0.3, 0.4) is 0 Å². The number of fused-ring (bicyclic) bond motifs is 1. The number of aromatic nitrogens is 1. The number of aryl methyl sites for hydroxylation is 2. The third kappa shape index (κ3) is 1.83. The maximum absolute atomic E-state index is 10.5. The van der Waals surface area contributed by atoms with Crippen LogP contribution in [0.15, 0.2) is 22.7 Å². The minimum absolute atomic E-state index is 0.129. The van der Waals surface area contributed by atoms with E-state index in [2.05, 4.69) is 5.16 Å². The number of nitrogens with zero attached hydrogens (tertiary/aromatic N) is 1. The fourth-order valence-corrected chi connectivity index (χ4v) is 1.68. The number of hydrogen-bond donors (Lipinski definition) is 1. The monoisotopic (exact) mass is 205 g/mol. The molecule has 0 amide bonds. The Hall–Kier alpha value is -1.84. The van der Waals surface area contributed by atoms with Crippen LogP contribution in [-0.4, -0.2) is 16.2 Å². The fraction of sp³-hybridized carbons (Fsp3) is 0.273. The molecule has 0 bridgehead atoms. The first-order valence-corrected chi connectivity index (χ1v) is 4.74. The highest BCUT2D eigenvalue weighted by Gasteiger charge is 2.09. The van der Waals surface area contributed by atoms with Gasteiger partial charge in [-0.05, 0) is 25.0 Å². The van der Waals surface area contributed by atoms with Crippen LogP contribution in [0.2, 0.25) is 0 Å². The summed E-state index contributed by atoms with van der Waals surface area (Å²) in [7, 11) is 0. The molecular formula is C11H11NO3. The highest BCUT2D eigenvalue weighted by Crippen LogP contribution is 2.22. The van der Waals surface area contributed by atoms with Crippen molar-refractivity contribution in [2.75, 3.05) is 0 Å². The van der Waals surface area contributed by atoms with Gasteiger partial charge in [0.1, 0.15) is 11.3 Å². The molecule has 78 valence electrons. The van der Waals surface area contributed by atoms with Crippen molar-refractivity contribution in [3.05, 3.63) is 29.5 Å². The third-order valence-electron chi connectivity index (χ3n) is 2.37. The topological polar surface area (TPSA) is 63.3 Å². The summed E-state index contributed by atoms with van der Waals surface area (Å²) in [5.41, 5.74) is 1.77. The zero-order valence-electron chi connectivity index (χ0n) is 8.36. The largest absolute Gasteiger partial charge is 0.481 e. The zero-order valence-corrected chi connectivity index (χ0v) is 8.36. The van der Waals surface area contributed by atoms with Gasteiger partial charge in [-0.15, -0.1) is 0 Å². The molecule has 4 nitrogen and oxygen atoms in total. The first-order chi connectivity index (χ1) is 7.18. The number of aliphatic carboxylic acids is 1. The SMILES string of the molecule is Cc1onc2cccc(CCC(=O)O)c12. The predicted octanol–water partition coefficient (Wildman–Crippen LogP) is 2.15. The van der Waals surface area contributed by atoms with Gasteiger partial charge in [-0.3, -0.25) is 4.79 Å². The molecule has 0 aliphatic carbocycles. The van der Waals surface area contributed by atoms with E-state index >= 15 is 0 Å². The van der Waals surface area contributed by atoms with Gasteiger partial charge in [-0.2, -0.15) is 0 Å². The number of benzene rings is 1. The smallest absolute Gasteiger partial charge is 0.303 e. The average Bonchev–Trinajstić information content (AvgIpc) is 2.58. The lowest BCUT2D eigenvalue weighted by Crippen LogP contribution is -1.97. The maximum Gasteiger partial charge on any atom is 0.303 e. The van der Waals surface area contributed by atoms with Crippen molar-refractivity contribution in [1.29, 1.82) is 0 Å². The van der Waals surface area contributed by atoms with Gasteiger partial charge in [0.05, 0.1) is 0 Å². The molecule has 4 heteroatoms. The molecule has 0 saturated heterocycles. The Morgan fingerprint density at radius 3 is 3.07 bits per heavy atom. The quantitative estimate of drug-likeness (QED) is 0.833. The lowest BCUT2D eigenvalue weighted by atomic mass is 10.0. The van der Waals surface area contributed by atoms with Gasteiger partial charge in [0.25, 0.3) is 0 Å². The van der Waals surface area contributed by atoms with Crippen molar-refractivity contribution in [2.24, 2.45) is 0 Å². The molecule has 0 fully saturated rings. The summed E-state index contributed by atoms with van der Waals surface area (Å²) in [6, 6.07) is 5.63. The van der Waals surface area contributed by atoms with Crippen LogP contribution in [0, 0.1) is 6.92 Å². The van der Waals surface area contributed by atoms with Crippen LogP contribution < -0.4 is 0 Å². The lowest BCUT2D eigenvalue weighted by molar-refractivity contribution is -0.136. The van der Waals surface area contributed by atoms with Crippen LogP contribution in [0.5, 0.6) is 0 Å². The second-order valence-electron chi connectivity index (χ2n) is 3.44. The van der Waals surface area contributed by atoms with Gasteiger partial charge in [-0.1, -0.05) is 17.3 Å². The van der Waals surface area contributed by atoms with Crippen molar-refractivity contribution in [1.82, 2.24) is 5.16 Å². The standard InChI is InChI=1S/C11H11NO3/c1-7-11-8(5-6-10(13)14)3-2-4-9(11)12-15-7/h2-4H,5-6H2,1H3,(H,13,14). The molecule has 0 atom stereocenters. The molecule has 0 saturated carbocycles. The van der Waals surface area contributed by atoms with E-state index in [1.807, 2.05) is 25.1 Å². The average molecular weight is 205 g/mol. The highest BCUT2D eigenvalue weighted by molar-refractivity contribution is 5.84. The number of rotatable bonds is 3. The van der Waals surface area contributed by atoms with E-state index in [4.69, 9.17) is 9.63 Å². The summed E-state index contributed by atoms with van der Waals surface area (Å²) >= 11 is 0. The van der Waals surface area contributed by atoms with Gasteiger partial charge in [0.15, 0.2) is 0 Å². The van der Waals surface area contributed by atoms with Crippen LogP contribution in [0.25, 0.3) is 10.9 Å². The molecule has 0 aliphatic heterocycles. The molecule has 0 spiro atoms. The first kappa shape index (κ1) is 9.71. The molecule has 1 aromatic heterocycles. The third-order valence-corrected chi connectivity index (χ3v) is 2.37. The Labute approximate surface area is 86.5 Å². The second kappa shape index (κ2) is 3.73. The molecule has 0 aliphatic rings. The molecule has 1 N–H and O–H groups in total. The Balaban J connectivity index is 2.41. The van der Waals surface area contributed by atoms with Crippen molar-refractivity contribution < 1.29 is 14.4 Å². The van der Waals surface area contributed by atoms with E-state index in [0.717, 1.165) is 22.2 Å². The Bertz CT molecular complexity index is 502. The number of carbonyl (C=O) groups is 1. The summed E-state index contributed by atoms with van der Waals surface area (Å²) in [6.07, 6.45) is 0.637. The van der Waals surface area contributed by atoms with Gasteiger partial charge in [-0.25, -0.2) is 0 Å². The summed E-state index contributed by atoms with van der Waals surface area (Å²) < 4.78 is 5.06. The molecule has 15 heavy (non-hydrogen) atoms. The molecule has 2 aromatic rings. The van der Waals surface area contributed by atoms with E-state index in [9.17, 15) is 4.79 Å². The van der Waals surface area contributed by atoms with Gasteiger partial charge in [0.2, 0.25) is 0 Å². The van der Waals surface area contributed by atoms with E-state index in [1.54, 1.807) is 0 Å². The number of carboxylic acids is 1. The van der Waals surface area contributed by atoms with Gasteiger partial charge in [0, 0.05) is 11.8 Å². The normalized spacial score (nSPS) is 10.7. The number of carboxylic acid groups (broad SMARTS) is 1. The Morgan fingerprint density at radius 2 is 2.33 bits per heavy atom. The Kier molecular flexibility index (Phi) is 2.41. The van der Waals surface area contributed by atoms with Crippen molar-refractivity contribution in [3.8, 4) is 0 Å². The van der Waals surface area contributed by atoms with E-state index in [-0.39, 0.29) is 6.42 Å². The maximum atomic E-state index is 10.5. The molecule has 0 unspecified atom stereocenters. The first-order valence-electron chi connectivity index (χ1n) is 4.74. The van der Waals surface area contributed by atoms with Crippen LogP contribution in [0.1, 0.15) is 17.7 Å². The second-order valence-corrected chi connectivity index (χ2v) is 3.44. The summed E-state index contributed by atoms with van der Waals surface area (Å²) in [6.45, 7) is 1.83. The number of hydrogen-bond acceptors (Lipinski definition) is 3. The Morgan fingerprint density at radius 1 is 1.53 bits per heavy atom. The predicted molar refractivity (Wildman–Crippen MR) is 54.7 cm³/mol. The lowest BCUT2D eigenvalue weighted by Gasteiger charge is -1.99. The molecular weight excluding hydrogens is 194 g/mol. The van der Waals surface area contributed by atoms with Crippen molar-refractivity contribution in [3.63, 3.8) is 0 Å². The molecule has 0 radical (unpaired) electrons. The van der Waals surface area contributed by atoms with E-state index in [1.165, 1.54) is 0 Å². The minimum atomic E-state index is -0.791.